The van der Waals surface area contributed by atoms with E-state index >= 15 is 0 Å². The Labute approximate surface area is 66.0 Å². The van der Waals surface area contributed by atoms with E-state index in [1.165, 1.54) is 0 Å². The fourth-order valence-corrected chi connectivity index (χ4v) is 2.50. The van der Waals surface area contributed by atoms with Crippen LogP contribution in [0.4, 0.5) is 0 Å². The molecule has 1 aliphatic rings. The van der Waals surface area contributed by atoms with Gasteiger partial charge in [0.05, 0.1) is 14.9 Å². The maximum absolute atomic E-state index is 11.2. The van der Waals surface area contributed by atoms with Crippen molar-refractivity contribution in [2.24, 2.45) is 0 Å². The summed E-state index contributed by atoms with van der Waals surface area (Å²) in [6.45, 7) is 0.933. The number of hydrogen-bond acceptors (Lipinski definition) is 2. The van der Waals surface area contributed by atoms with Gasteiger partial charge in [0.25, 0.3) is 0 Å². The van der Waals surface area contributed by atoms with Crippen molar-refractivity contribution in [2.75, 3.05) is 19.5 Å². The maximum atomic E-state index is 11.2. The summed E-state index contributed by atoms with van der Waals surface area (Å²) in [5.74, 6) is 0. The summed E-state index contributed by atoms with van der Waals surface area (Å²) in [4.78, 5) is 0. The molecular formula is C6H14O4S. The smallest absolute Gasteiger partial charge is 0.0827 e. The van der Waals surface area contributed by atoms with Gasteiger partial charge in [0.2, 0.25) is 0 Å². The van der Waals surface area contributed by atoms with Crippen molar-refractivity contribution in [2.45, 2.75) is 18.1 Å². The van der Waals surface area contributed by atoms with Crippen LogP contribution in [0.5, 0.6) is 0 Å². The monoisotopic (exact) mass is 182 g/mol. The van der Waals surface area contributed by atoms with Crippen LogP contribution >= 0.6 is 0 Å². The van der Waals surface area contributed by atoms with Gasteiger partial charge in [0.15, 0.2) is 0 Å². The normalized spacial score (nSPS) is 25.9. The van der Waals surface area contributed by atoms with E-state index in [1.807, 2.05) is 0 Å². The lowest BCUT2D eigenvalue weighted by Crippen LogP contribution is -2.45. The molecule has 5 heteroatoms. The third-order valence-electron chi connectivity index (χ3n) is 1.94. The number of ether oxygens (including phenoxy) is 1. The molecule has 0 saturated carbocycles. The highest BCUT2D eigenvalue weighted by atomic mass is 32.3. The van der Waals surface area contributed by atoms with E-state index in [9.17, 15) is 4.21 Å². The Morgan fingerprint density at radius 2 is 1.82 bits per heavy atom. The van der Waals surface area contributed by atoms with Gasteiger partial charge in [-0.1, -0.05) is 0 Å². The van der Waals surface area contributed by atoms with E-state index in [-0.39, 0.29) is 0 Å². The zero-order valence-electron chi connectivity index (χ0n) is 6.52. The Hall–Kier alpha value is 0.0300. The highest BCUT2D eigenvalue weighted by Gasteiger charge is 2.35. The van der Waals surface area contributed by atoms with Crippen LogP contribution in [-0.4, -0.2) is 38.0 Å². The zero-order chi connectivity index (χ0) is 8.56. The zero-order valence-corrected chi connectivity index (χ0v) is 7.34. The van der Waals surface area contributed by atoms with Gasteiger partial charge in [-0.2, -0.15) is 0 Å². The van der Waals surface area contributed by atoms with Gasteiger partial charge in [-0.3, -0.25) is 0 Å². The summed E-state index contributed by atoms with van der Waals surface area (Å²) in [5.41, 5.74) is 0. The van der Waals surface area contributed by atoms with Crippen LogP contribution in [0.3, 0.4) is 0 Å². The van der Waals surface area contributed by atoms with E-state index in [0.717, 1.165) is 6.26 Å². The predicted molar refractivity (Wildman–Crippen MR) is 43.2 cm³/mol. The predicted octanol–water partition coefficient (Wildman–Crippen LogP) is 0.561. The van der Waals surface area contributed by atoms with Crippen molar-refractivity contribution in [3.63, 3.8) is 0 Å². The molecule has 11 heavy (non-hydrogen) atoms. The molecule has 1 fully saturated rings. The Morgan fingerprint density at radius 1 is 1.36 bits per heavy atom. The summed E-state index contributed by atoms with van der Waals surface area (Å²) < 4.78 is 34.5. The fraction of sp³-hybridized carbons (Fsp3) is 1.00. The molecule has 1 aliphatic heterocycles. The molecule has 0 aromatic carbocycles. The first kappa shape index (κ1) is 9.12. The van der Waals surface area contributed by atoms with Crippen LogP contribution < -0.4 is 0 Å². The molecule has 68 valence electrons. The molecule has 0 radical (unpaired) electrons. The second-order valence-corrected chi connectivity index (χ2v) is 6.39. The Kier molecular flexibility index (Phi) is 2.09. The summed E-state index contributed by atoms with van der Waals surface area (Å²) in [5, 5.41) is -0.513. The lowest BCUT2D eigenvalue weighted by molar-refractivity contribution is 0.0942. The quantitative estimate of drug-likeness (QED) is 0.622. The Morgan fingerprint density at radius 3 is 2.09 bits per heavy atom. The highest BCUT2D eigenvalue weighted by Crippen LogP contribution is 2.27. The highest BCUT2D eigenvalue weighted by molar-refractivity contribution is 8.10. The summed E-state index contributed by atoms with van der Waals surface area (Å²) in [6.07, 6.45) is 1.94. The van der Waals surface area contributed by atoms with Crippen LogP contribution in [0.1, 0.15) is 12.8 Å². The molecule has 1 saturated heterocycles. The van der Waals surface area contributed by atoms with Gasteiger partial charge in [-0.15, -0.1) is 0 Å². The maximum Gasteiger partial charge on any atom is 0.0827 e. The first-order valence-corrected chi connectivity index (χ1v) is 5.92. The Balaban J connectivity index is 2.67. The van der Waals surface area contributed by atoms with Gasteiger partial charge >= 0.3 is 0 Å². The largest absolute Gasteiger partial charge is 0.381 e. The van der Waals surface area contributed by atoms with Crippen molar-refractivity contribution in [3.8, 4) is 0 Å². The molecule has 0 atom stereocenters. The van der Waals surface area contributed by atoms with Crippen LogP contribution in [-0.2, 0) is 14.4 Å². The molecule has 0 aromatic rings. The lowest BCUT2D eigenvalue weighted by atomic mass is 10.2. The van der Waals surface area contributed by atoms with E-state index < -0.39 is 14.9 Å². The SMILES string of the molecule is CS(=O)(O)(O)C1CCOCC1. The van der Waals surface area contributed by atoms with Gasteiger partial charge in [-0.05, 0) is 12.8 Å². The van der Waals surface area contributed by atoms with Crippen molar-refractivity contribution >= 4 is 9.63 Å². The third-order valence-corrected chi connectivity index (χ3v) is 3.94. The third kappa shape index (κ3) is 2.52. The molecule has 0 unspecified atom stereocenters. The average Bonchev–Trinajstić information content (AvgIpc) is 1.86. The molecule has 0 spiro atoms. The van der Waals surface area contributed by atoms with Gasteiger partial charge in [0, 0.05) is 19.5 Å². The first-order chi connectivity index (χ1) is 4.86. The van der Waals surface area contributed by atoms with E-state index in [4.69, 9.17) is 13.8 Å². The van der Waals surface area contributed by atoms with E-state index in [2.05, 4.69) is 0 Å². The minimum atomic E-state index is -4.31. The van der Waals surface area contributed by atoms with E-state index in [0.29, 0.717) is 26.1 Å². The van der Waals surface area contributed by atoms with Crippen molar-refractivity contribution in [1.82, 2.24) is 0 Å². The molecule has 4 nitrogen and oxygen atoms in total. The fourth-order valence-electron chi connectivity index (χ4n) is 1.22. The van der Waals surface area contributed by atoms with Crippen molar-refractivity contribution in [1.29, 1.82) is 0 Å². The minimum absolute atomic E-state index is 0.466. The van der Waals surface area contributed by atoms with Gasteiger partial charge in [-0.25, -0.2) is 4.21 Å². The first-order valence-electron chi connectivity index (χ1n) is 3.57. The van der Waals surface area contributed by atoms with Crippen LogP contribution in [0.15, 0.2) is 0 Å². The summed E-state index contributed by atoms with van der Waals surface area (Å²) in [6, 6.07) is 0. The Bertz CT molecular complexity index is 190. The summed E-state index contributed by atoms with van der Waals surface area (Å²) >= 11 is 0. The molecule has 0 aromatic heterocycles. The van der Waals surface area contributed by atoms with Crippen LogP contribution in [0.2, 0.25) is 0 Å². The number of rotatable bonds is 1. The molecule has 0 aliphatic carbocycles. The molecule has 1 heterocycles. The average molecular weight is 182 g/mol. The minimum Gasteiger partial charge on any atom is -0.381 e. The second-order valence-electron chi connectivity index (χ2n) is 3.12. The van der Waals surface area contributed by atoms with Crippen molar-refractivity contribution in [3.05, 3.63) is 0 Å². The van der Waals surface area contributed by atoms with Gasteiger partial charge < -0.3 is 13.8 Å². The lowest BCUT2D eigenvalue weighted by Gasteiger charge is -2.36. The van der Waals surface area contributed by atoms with E-state index in [1.54, 1.807) is 0 Å². The molecule has 0 amide bonds. The molecular weight excluding hydrogens is 168 g/mol. The topological polar surface area (TPSA) is 66.8 Å². The molecule has 0 bridgehead atoms. The molecule has 2 N–H and O–H groups in total. The van der Waals surface area contributed by atoms with Crippen LogP contribution in [0.25, 0.3) is 0 Å². The standard InChI is InChI=1S/C6H14O4S/c1-11(7,8,9)6-2-4-10-5-3-6/h6H,2-5H2,1H3,(H2,7,8,9). The van der Waals surface area contributed by atoms with Gasteiger partial charge in [0.1, 0.15) is 0 Å². The second kappa shape index (κ2) is 2.52. The van der Waals surface area contributed by atoms with Crippen molar-refractivity contribution < 1.29 is 18.1 Å². The van der Waals surface area contributed by atoms with Crippen LogP contribution in [0, 0.1) is 0 Å². The summed E-state index contributed by atoms with van der Waals surface area (Å²) in [7, 11) is -4.31. The number of hydrogen-bond donors (Lipinski definition) is 2. The molecule has 1 rings (SSSR count).